The summed E-state index contributed by atoms with van der Waals surface area (Å²) in [5.41, 5.74) is 0.870. The minimum atomic E-state index is -0.223. The van der Waals surface area contributed by atoms with E-state index in [-0.39, 0.29) is 11.4 Å². The van der Waals surface area contributed by atoms with Crippen LogP contribution < -0.4 is 4.74 Å². The molecule has 1 aromatic rings. The van der Waals surface area contributed by atoms with E-state index in [1.54, 1.807) is 7.11 Å². The number of carbonyl (C=O) groups excluding carboxylic acids is 1. The number of ether oxygens (including phenoxy) is 3. The Hall–Kier alpha value is -1.55. The third-order valence-electron chi connectivity index (χ3n) is 3.17. The van der Waals surface area contributed by atoms with Crippen LogP contribution in [0.2, 0.25) is 0 Å². The van der Waals surface area contributed by atoms with Crippen molar-refractivity contribution >= 4 is 5.97 Å². The highest BCUT2D eigenvalue weighted by Gasteiger charge is 2.42. The molecule has 0 unspecified atom stereocenters. The quantitative estimate of drug-likeness (QED) is 0.744. The van der Waals surface area contributed by atoms with Gasteiger partial charge in [0.2, 0.25) is 0 Å². The zero-order valence-corrected chi connectivity index (χ0v) is 10.1. The highest BCUT2D eigenvalue weighted by atomic mass is 16.5. The van der Waals surface area contributed by atoms with Crippen LogP contribution in [0.1, 0.15) is 12.0 Å². The molecule has 17 heavy (non-hydrogen) atoms. The number of rotatable bonds is 4. The molecule has 0 radical (unpaired) electrons. The summed E-state index contributed by atoms with van der Waals surface area (Å²) in [5, 5.41) is 0. The molecule has 0 saturated carbocycles. The molecule has 0 bridgehead atoms. The van der Waals surface area contributed by atoms with Crippen LogP contribution in [0.3, 0.4) is 0 Å². The monoisotopic (exact) mass is 236 g/mol. The van der Waals surface area contributed by atoms with Gasteiger partial charge in [-0.3, -0.25) is 4.79 Å². The molecule has 1 fully saturated rings. The maximum absolute atomic E-state index is 11.4. The number of hydrogen-bond acceptors (Lipinski definition) is 4. The topological polar surface area (TPSA) is 44.8 Å². The van der Waals surface area contributed by atoms with Gasteiger partial charge in [-0.15, -0.1) is 0 Å². The van der Waals surface area contributed by atoms with Crippen molar-refractivity contribution in [2.45, 2.75) is 11.8 Å². The predicted octanol–water partition coefficient (Wildman–Crippen LogP) is 1.53. The zero-order chi connectivity index (χ0) is 12.3. The Morgan fingerprint density at radius 1 is 1.29 bits per heavy atom. The molecule has 0 atom stereocenters. The Morgan fingerprint density at radius 3 is 2.35 bits per heavy atom. The Labute approximate surface area is 100 Å². The van der Waals surface area contributed by atoms with Gasteiger partial charge >= 0.3 is 5.97 Å². The third-order valence-corrected chi connectivity index (χ3v) is 3.17. The molecule has 92 valence electrons. The van der Waals surface area contributed by atoms with Gasteiger partial charge in [0.05, 0.1) is 39.3 Å². The Morgan fingerprint density at radius 2 is 1.94 bits per heavy atom. The Bertz CT molecular complexity index is 392. The lowest BCUT2D eigenvalue weighted by atomic mass is 9.76. The second-order valence-electron chi connectivity index (χ2n) is 4.25. The smallest absolute Gasteiger partial charge is 0.306 e. The minimum absolute atomic E-state index is 0.205. The number of esters is 1. The molecule has 0 N–H and O–H groups in total. The predicted molar refractivity (Wildman–Crippen MR) is 62.1 cm³/mol. The molecule has 0 spiro atoms. The first kappa shape index (κ1) is 11.9. The second-order valence-corrected chi connectivity index (χ2v) is 4.25. The van der Waals surface area contributed by atoms with Crippen molar-refractivity contribution in [1.29, 1.82) is 0 Å². The summed E-state index contributed by atoms with van der Waals surface area (Å²) in [6, 6.07) is 7.74. The normalized spacial score (nSPS) is 17.1. The van der Waals surface area contributed by atoms with Gasteiger partial charge in [-0.1, -0.05) is 12.1 Å². The van der Waals surface area contributed by atoms with E-state index in [2.05, 4.69) is 0 Å². The van der Waals surface area contributed by atoms with E-state index < -0.39 is 0 Å². The molecule has 1 saturated heterocycles. The van der Waals surface area contributed by atoms with Crippen LogP contribution in [0.25, 0.3) is 0 Å². The third kappa shape index (κ3) is 2.26. The average molecular weight is 236 g/mol. The summed E-state index contributed by atoms with van der Waals surface area (Å²) >= 11 is 0. The number of hydrogen-bond donors (Lipinski definition) is 0. The molecular weight excluding hydrogens is 220 g/mol. The average Bonchev–Trinajstić information content (AvgIpc) is 2.33. The van der Waals surface area contributed by atoms with Crippen molar-refractivity contribution in [3.63, 3.8) is 0 Å². The standard InChI is InChI=1S/C13H16O4/c1-15-11-5-3-10(4-6-11)13(8-17-9-13)7-12(14)16-2/h3-6H,7-9H2,1-2H3. The summed E-state index contributed by atoms with van der Waals surface area (Å²) in [7, 11) is 3.04. The van der Waals surface area contributed by atoms with Crippen LogP contribution in [-0.4, -0.2) is 33.4 Å². The van der Waals surface area contributed by atoms with E-state index >= 15 is 0 Å². The van der Waals surface area contributed by atoms with Crippen molar-refractivity contribution in [2.24, 2.45) is 0 Å². The molecule has 2 rings (SSSR count). The largest absolute Gasteiger partial charge is 0.497 e. The molecule has 1 aromatic carbocycles. The van der Waals surface area contributed by atoms with E-state index in [1.165, 1.54) is 7.11 Å². The fourth-order valence-corrected chi connectivity index (χ4v) is 2.01. The lowest BCUT2D eigenvalue weighted by Gasteiger charge is -2.41. The van der Waals surface area contributed by atoms with Gasteiger partial charge in [-0.2, -0.15) is 0 Å². The summed E-state index contributed by atoms with van der Waals surface area (Å²) in [6.07, 6.45) is 0.357. The molecule has 4 nitrogen and oxygen atoms in total. The van der Waals surface area contributed by atoms with Crippen LogP contribution >= 0.6 is 0 Å². The van der Waals surface area contributed by atoms with E-state index in [0.717, 1.165) is 11.3 Å². The molecular formula is C13H16O4. The summed E-state index contributed by atoms with van der Waals surface area (Å²) in [5.74, 6) is 0.603. The molecule has 1 heterocycles. The van der Waals surface area contributed by atoms with Gasteiger partial charge in [0.15, 0.2) is 0 Å². The van der Waals surface area contributed by atoms with Crippen LogP contribution in [0.4, 0.5) is 0 Å². The van der Waals surface area contributed by atoms with Crippen LogP contribution in [0, 0.1) is 0 Å². The van der Waals surface area contributed by atoms with Crippen molar-refractivity contribution in [2.75, 3.05) is 27.4 Å². The lowest BCUT2D eigenvalue weighted by molar-refractivity contribution is -0.148. The van der Waals surface area contributed by atoms with Crippen LogP contribution in [0.5, 0.6) is 5.75 Å². The fourth-order valence-electron chi connectivity index (χ4n) is 2.01. The van der Waals surface area contributed by atoms with Gasteiger partial charge in [-0.05, 0) is 17.7 Å². The maximum Gasteiger partial charge on any atom is 0.306 e. The highest BCUT2D eigenvalue weighted by molar-refractivity contribution is 5.71. The molecule has 0 aliphatic carbocycles. The van der Waals surface area contributed by atoms with Gasteiger partial charge in [-0.25, -0.2) is 0 Å². The van der Waals surface area contributed by atoms with Crippen LogP contribution in [-0.2, 0) is 19.7 Å². The van der Waals surface area contributed by atoms with E-state index in [1.807, 2.05) is 24.3 Å². The molecule has 0 amide bonds. The number of methoxy groups -OCH3 is 2. The van der Waals surface area contributed by atoms with Crippen LogP contribution in [0.15, 0.2) is 24.3 Å². The van der Waals surface area contributed by atoms with E-state index in [0.29, 0.717) is 19.6 Å². The van der Waals surface area contributed by atoms with Crippen molar-refractivity contribution < 1.29 is 19.0 Å². The highest BCUT2D eigenvalue weighted by Crippen LogP contribution is 2.36. The molecule has 1 aliphatic rings. The van der Waals surface area contributed by atoms with Crippen molar-refractivity contribution in [3.8, 4) is 5.75 Å². The molecule has 4 heteroatoms. The lowest BCUT2D eigenvalue weighted by Crippen LogP contribution is -2.48. The molecule has 1 aliphatic heterocycles. The van der Waals surface area contributed by atoms with E-state index in [9.17, 15) is 4.79 Å². The number of carbonyl (C=O) groups is 1. The molecule has 0 aromatic heterocycles. The fraction of sp³-hybridized carbons (Fsp3) is 0.462. The van der Waals surface area contributed by atoms with Crippen molar-refractivity contribution in [3.05, 3.63) is 29.8 Å². The summed E-state index contributed by atoms with van der Waals surface area (Å²) in [4.78, 5) is 11.4. The minimum Gasteiger partial charge on any atom is -0.497 e. The first-order valence-electron chi connectivity index (χ1n) is 5.49. The van der Waals surface area contributed by atoms with Gasteiger partial charge in [0.1, 0.15) is 5.75 Å². The number of benzene rings is 1. The van der Waals surface area contributed by atoms with Gasteiger partial charge < -0.3 is 14.2 Å². The zero-order valence-electron chi connectivity index (χ0n) is 10.1. The maximum atomic E-state index is 11.4. The Kier molecular flexibility index (Phi) is 3.33. The first-order chi connectivity index (χ1) is 8.20. The summed E-state index contributed by atoms with van der Waals surface area (Å²) < 4.78 is 15.1. The second kappa shape index (κ2) is 4.75. The van der Waals surface area contributed by atoms with Gasteiger partial charge in [0.25, 0.3) is 0 Å². The van der Waals surface area contributed by atoms with E-state index in [4.69, 9.17) is 14.2 Å². The Balaban J connectivity index is 2.19. The first-order valence-corrected chi connectivity index (χ1v) is 5.49. The van der Waals surface area contributed by atoms with Gasteiger partial charge in [0, 0.05) is 0 Å². The SMILES string of the molecule is COC(=O)CC1(c2ccc(OC)cc2)COC1. The van der Waals surface area contributed by atoms with Crippen molar-refractivity contribution in [1.82, 2.24) is 0 Å². The summed E-state index contributed by atoms with van der Waals surface area (Å²) in [6.45, 7) is 1.13.